The van der Waals surface area contributed by atoms with Crippen molar-refractivity contribution in [2.75, 3.05) is 38.6 Å². The van der Waals surface area contributed by atoms with E-state index in [9.17, 15) is 4.79 Å². The number of hydrogen-bond acceptors (Lipinski definition) is 2. The molecular weight excluding hydrogens is 454 g/mol. The average molecular weight is 472 g/mol. The van der Waals surface area contributed by atoms with Crippen molar-refractivity contribution in [3.63, 3.8) is 0 Å². The van der Waals surface area contributed by atoms with E-state index >= 15 is 0 Å². The molecule has 0 bridgehead atoms. The number of alkyl halides is 1. The fourth-order valence-electron chi connectivity index (χ4n) is 2.35. The first-order chi connectivity index (χ1) is 9.61. The van der Waals surface area contributed by atoms with Gasteiger partial charge in [-0.25, -0.2) is 0 Å². The highest BCUT2D eigenvalue weighted by atomic mass is 127. The second kappa shape index (κ2) is 7.96. The minimum Gasteiger partial charge on any atom is -0.337 e. The normalized spacial score (nSPS) is 17.1. The molecule has 0 unspecified atom stereocenters. The number of benzene rings is 1. The summed E-state index contributed by atoms with van der Waals surface area (Å²) in [5, 5.41) is 0. The van der Waals surface area contributed by atoms with E-state index < -0.39 is 0 Å². The molecule has 110 valence electrons. The zero-order valence-corrected chi connectivity index (χ0v) is 15.6. The van der Waals surface area contributed by atoms with Crippen LogP contribution in [-0.2, 0) is 0 Å². The van der Waals surface area contributed by atoms with Crippen LogP contribution in [0.2, 0.25) is 0 Å². The van der Waals surface area contributed by atoms with E-state index in [-0.39, 0.29) is 5.91 Å². The van der Waals surface area contributed by atoms with Gasteiger partial charge < -0.3 is 9.80 Å². The standard InChI is InChI=1S/C14H17BrClIN2O/c15-11-2-3-13(17)12(10-11)14(20)19-6-1-5-18(7-4-16)8-9-19/h2-3,10H,1,4-9H2. The van der Waals surface area contributed by atoms with Gasteiger partial charge in [0.15, 0.2) is 0 Å². The van der Waals surface area contributed by atoms with Crippen molar-refractivity contribution in [2.45, 2.75) is 6.42 Å². The van der Waals surface area contributed by atoms with Gasteiger partial charge in [0.2, 0.25) is 0 Å². The SMILES string of the molecule is O=C(c1cc(Br)ccc1I)N1CCCN(CCCl)CC1. The summed E-state index contributed by atoms with van der Waals surface area (Å²) in [6, 6.07) is 5.84. The highest BCUT2D eigenvalue weighted by molar-refractivity contribution is 14.1. The first kappa shape index (κ1) is 16.5. The molecule has 0 radical (unpaired) electrons. The van der Waals surface area contributed by atoms with E-state index in [4.69, 9.17) is 11.6 Å². The number of hydrogen-bond donors (Lipinski definition) is 0. The van der Waals surface area contributed by atoms with E-state index in [1.807, 2.05) is 23.1 Å². The predicted octanol–water partition coefficient (Wildman–Crippen LogP) is 3.44. The van der Waals surface area contributed by atoms with Crippen molar-refractivity contribution in [2.24, 2.45) is 0 Å². The fourth-order valence-corrected chi connectivity index (χ4v) is 3.52. The summed E-state index contributed by atoms with van der Waals surface area (Å²) in [6.07, 6.45) is 1.01. The second-order valence-corrected chi connectivity index (χ2v) is 7.26. The Kier molecular flexibility index (Phi) is 6.58. The van der Waals surface area contributed by atoms with Gasteiger partial charge >= 0.3 is 0 Å². The Morgan fingerprint density at radius 2 is 2.10 bits per heavy atom. The molecule has 1 heterocycles. The van der Waals surface area contributed by atoms with Gasteiger partial charge in [0.25, 0.3) is 5.91 Å². The van der Waals surface area contributed by atoms with Crippen LogP contribution < -0.4 is 0 Å². The Morgan fingerprint density at radius 3 is 2.85 bits per heavy atom. The van der Waals surface area contributed by atoms with Crippen molar-refractivity contribution in [1.82, 2.24) is 9.80 Å². The Hall–Kier alpha value is 0.150. The first-order valence-corrected chi connectivity index (χ1v) is 9.05. The molecule has 6 heteroatoms. The van der Waals surface area contributed by atoms with Crippen LogP contribution in [0.5, 0.6) is 0 Å². The van der Waals surface area contributed by atoms with Crippen LogP contribution in [0.15, 0.2) is 22.7 Å². The van der Waals surface area contributed by atoms with Gasteiger partial charge in [0.05, 0.1) is 5.56 Å². The molecule has 1 aliphatic rings. The topological polar surface area (TPSA) is 23.6 Å². The summed E-state index contributed by atoms with van der Waals surface area (Å²) >= 11 is 11.4. The van der Waals surface area contributed by atoms with Crippen molar-refractivity contribution >= 4 is 56.0 Å². The van der Waals surface area contributed by atoms with Crippen LogP contribution >= 0.6 is 50.1 Å². The van der Waals surface area contributed by atoms with Crippen LogP contribution in [0.25, 0.3) is 0 Å². The number of carbonyl (C=O) groups is 1. The minimum atomic E-state index is 0.128. The molecule has 0 N–H and O–H groups in total. The fraction of sp³-hybridized carbons (Fsp3) is 0.500. The quantitative estimate of drug-likeness (QED) is 0.498. The summed E-state index contributed by atoms with van der Waals surface area (Å²) in [5.74, 6) is 0.778. The smallest absolute Gasteiger partial charge is 0.255 e. The Bertz CT molecular complexity index is 486. The molecule has 0 atom stereocenters. The molecule has 0 aliphatic carbocycles. The van der Waals surface area contributed by atoms with E-state index in [2.05, 4.69) is 43.4 Å². The molecular formula is C14H17BrClIN2O. The van der Waals surface area contributed by atoms with Crippen LogP contribution in [0.3, 0.4) is 0 Å². The maximum atomic E-state index is 12.6. The minimum absolute atomic E-state index is 0.128. The largest absolute Gasteiger partial charge is 0.337 e. The summed E-state index contributed by atoms with van der Waals surface area (Å²) in [7, 11) is 0. The molecule has 1 aliphatic heterocycles. The molecule has 1 saturated heterocycles. The highest BCUT2D eigenvalue weighted by Gasteiger charge is 2.21. The van der Waals surface area contributed by atoms with Gasteiger partial charge in [-0.2, -0.15) is 0 Å². The third-order valence-electron chi connectivity index (χ3n) is 3.44. The van der Waals surface area contributed by atoms with Crippen molar-refractivity contribution in [1.29, 1.82) is 0 Å². The number of amides is 1. The van der Waals surface area contributed by atoms with Crippen LogP contribution in [-0.4, -0.2) is 54.3 Å². The van der Waals surface area contributed by atoms with Crippen molar-refractivity contribution in [3.8, 4) is 0 Å². The van der Waals surface area contributed by atoms with Gasteiger partial charge in [-0.3, -0.25) is 4.79 Å². The zero-order chi connectivity index (χ0) is 14.5. The van der Waals surface area contributed by atoms with Gasteiger partial charge in [-0.1, -0.05) is 15.9 Å². The lowest BCUT2D eigenvalue weighted by molar-refractivity contribution is 0.0760. The lowest BCUT2D eigenvalue weighted by Crippen LogP contribution is -2.36. The van der Waals surface area contributed by atoms with Crippen molar-refractivity contribution in [3.05, 3.63) is 31.8 Å². The molecule has 1 aromatic carbocycles. The maximum absolute atomic E-state index is 12.6. The van der Waals surface area contributed by atoms with Crippen LogP contribution in [0.1, 0.15) is 16.8 Å². The van der Waals surface area contributed by atoms with Gasteiger partial charge in [0.1, 0.15) is 0 Å². The third kappa shape index (κ3) is 4.32. The third-order valence-corrected chi connectivity index (χ3v) is 5.04. The second-order valence-electron chi connectivity index (χ2n) is 4.80. The summed E-state index contributed by atoms with van der Waals surface area (Å²) in [5.41, 5.74) is 0.783. The van der Waals surface area contributed by atoms with Gasteiger partial charge in [0, 0.05) is 40.1 Å². The summed E-state index contributed by atoms with van der Waals surface area (Å²) in [6.45, 7) is 4.42. The molecule has 2 rings (SSSR count). The number of halogens is 3. The van der Waals surface area contributed by atoms with E-state index in [1.165, 1.54) is 0 Å². The van der Waals surface area contributed by atoms with Gasteiger partial charge in [-0.15, -0.1) is 11.6 Å². The highest BCUT2D eigenvalue weighted by Crippen LogP contribution is 2.20. The number of carbonyl (C=O) groups excluding carboxylic acids is 1. The molecule has 0 spiro atoms. The van der Waals surface area contributed by atoms with E-state index in [0.717, 1.165) is 52.8 Å². The molecule has 0 aromatic heterocycles. The summed E-state index contributed by atoms with van der Waals surface area (Å²) < 4.78 is 1.94. The van der Waals surface area contributed by atoms with Crippen molar-refractivity contribution < 1.29 is 4.79 Å². The molecule has 1 aromatic rings. The monoisotopic (exact) mass is 470 g/mol. The average Bonchev–Trinajstić information content (AvgIpc) is 2.67. The zero-order valence-electron chi connectivity index (χ0n) is 11.1. The molecule has 1 amide bonds. The molecule has 20 heavy (non-hydrogen) atoms. The maximum Gasteiger partial charge on any atom is 0.255 e. The van der Waals surface area contributed by atoms with Crippen LogP contribution in [0, 0.1) is 3.57 Å². The van der Waals surface area contributed by atoms with E-state index in [0.29, 0.717) is 5.88 Å². The number of nitrogens with zero attached hydrogens (tertiary/aromatic N) is 2. The number of rotatable bonds is 3. The predicted molar refractivity (Wildman–Crippen MR) is 94.5 cm³/mol. The van der Waals surface area contributed by atoms with Crippen LogP contribution in [0.4, 0.5) is 0 Å². The molecule has 3 nitrogen and oxygen atoms in total. The Balaban J connectivity index is 2.07. The summed E-state index contributed by atoms with van der Waals surface area (Å²) in [4.78, 5) is 16.9. The molecule has 0 saturated carbocycles. The van der Waals surface area contributed by atoms with Gasteiger partial charge in [-0.05, 0) is 53.8 Å². The van der Waals surface area contributed by atoms with E-state index in [1.54, 1.807) is 0 Å². The lowest BCUT2D eigenvalue weighted by Gasteiger charge is -2.22. The first-order valence-electron chi connectivity index (χ1n) is 6.64. The lowest BCUT2D eigenvalue weighted by atomic mass is 10.2. The Labute approximate surface area is 146 Å². The Morgan fingerprint density at radius 1 is 1.30 bits per heavy atom. The molecule has 1 fully saturated rings.